The highest BCUT2D eigenvalue weighted by atomic mass is 31.2. The van der Waals surface area contributed by atoms with Crippen LogP contribution in [0, 0.1) is 0 Å². The monoisotopic (exact) mass is 965 g/mol. The lowest BCUT2D eigenvalue weighted by atomic mass is 10.0. The Kier molecular flexibility index (Phi) is 46.6. The van der Waals surface area contributed by atoms with Crippen LogP contribution in [0.5, 0.6) is 0 Å². The quantitative estimate of drug-likeness (QED) is 0.0212. The van der Waals surface area contributed by atoms with Gasteiger partial charge in [0.25, 0.3) is 7.82 Å². The smallest absolute Gasteiger partial charge is 0.306 e. The number of carbonyl (C=O) groups excluding carboxylic acids is 2. The highest BCUT2D eigenvalue weighted by Gasteiger charge is 2.27. The topological polar surface area (TPSA) is 114 Å². The van der Waals surface area contributed by atoms with Gasteiger partial charge in [0, 0.05) is 12.8 Å². The minimum absolute atomic E-state index is 0.0241. The van der Waals surface area contributed by atoms with Crippen LogP contribution in [-0.4, -0.2) is 69.4 Å². The molecule has 0 rings (SSSR count). The van der Waals surface area contributed by atoms with Crippen molar-refractivity contribution in [3.63, 3.8) is 0 Å². The first-order valence-electron chi connectivity index (χ1n) is 28.3. The van der Waals surface area contributed by atoms with Crippen molar-refractivity contribution in [1.29, 1.82) is 0 Å². The third-order valence-corrected chi connectivity index (χ3v) is 13.5. The SMILES string of the molecule is CCCCCC/C=C\CCCCCCCCCC(=O)NC(COP(=O)([O-])OCC[N+](C)(C)C)C(/C=C/CCCCCCCCCCCCC)OC(=O)CCCCC/C=C\CCCCCCCC. The van der Waals surface area contributed by atoms with E-state index in [0.717, 1.165) is 77.0 Å². The molecule has 394 valence electrons. The van der Waals surface area contributed by atoms with Gasteiger partial charge in [-0.3, -0.25) is 14.2 Å². The van der Waals surface area contributed by atoms with E-state index < -0.39 is 26.6 Å². The van der Waals surface area contributed by atoms with Crippen LogP contribution in [0.1, 0.15) is 265 Å². The van der Waals surface area contributed by atoms with Crippen molar-refractivity contribution in [1.82, 2.24) is 5.32 Å². The number of ether oxygens (including phenoxy) is 1. The van der Waals surface area contributed by atoms with Crippen LogP contribution >= 0.6 is 7.82 Å². The molecule has 0 fully saturated rings. The number of unbranched alkanes of at least 4 members (excludes halogenated alkanes) is 31. The molecule has 0 aromatic heterocycles. The van der Waals surface area contributed by atoms with Gasteiger partial charge in [0.1, 0.15) is 19.3 Å². The number of hydrogen-bond donors (Lipinski definition) is 1. The van der Waals surface area contributed by atoms with Crippen molar-refractivity contribution in [3.8, 4) is 0 Å². The van der Waals surface area contributed by atoms with E-state index >= 15 is 0 Å². The molecule has 0 aromatic rings. The molecule has 1 amide bonds. The second-order valence-corrected chi connectivity index (χ2v) is 21.8. The number of phosphoric ester groups is 1. The van der Waals surface area contributed by atoms with Gasteiger partial charge < -0.3 is 28.5 Å². The first-order chi connectivity index (χ1) is 32.4. The van der Waals surface area contributed by atoms with Gasteiger partial charge in [0.15, 0.2) is 0 Å². The summed E-state index contributed by atoms with van der Waals surface area (Å²) in [5.41, 5.74) is 0. The number of nitrogens with one attached hydrogen (secondary N) is 1. The number of quaternary nitrogens is 1. The Balaban J connectivity index is 5.41. The van der Waals surface area contributed by atoms with Gasteiger partial charge in [0.2, 0.25) is 5.91 Å². The normalized spacial score (nSPS) is 14.1. The van der Waals surface area contributed by atoms with Crippen LogP contribution in [0.2, 0.25) is 0 Å². The van der Waals surface area contributed by atoms with Crippen LogP contribution in [0.15, 0.2) is 36.5 Å². The molecule has 0 aliphatic carbocycles. The van der Waals surface area contributed by atoms with E-state index in [4.69, 9.17) is 13.8 Å². The summed E-state index contributed by atoms with van der Waals surface area (Å²) in [7, 11) is 1.18. The number of likely N-dealkylation sites (N-methyl/N-ethyl adjacent to an activating group) is 1. The second-order valence-electron chi connectivity index (χ2n) is 20.4. The molecule has 0 saturated carbocycles. The molecule has 0 aliphatic rings. The molecule has 0 saturated heterocycles. The maximum atomic E-state index is 13.5. The minimum atomic E-state index is -4.69. The van der Waals surface area contributed by atoms with Gasteiger partial charge in [-0.2, -0.15) is 0 Å². The Hall–Kier alpha value is -1.77. The maximum absolute atomic E-state index is 13.5. The number of allylic oxidation sites excluding steroid dienone is 5. The number of rotatable bonds is 51. The molecular formula is C57H109N2O7P. The van der Waals surface area contributed by atoms with Gasteiger partial charge >= 0.3 is 5.97 Å². The van der Waals surface area contributed by atoms with Crippen LogP contribution in [0.25, 0.3) is 0 Å². The third kappa shape index (κ3) is 49.0. The zero-order valence-corrected chi connectivity index (χ0v) is 45.8. The highest BCUT2D eigenvalue weighted by molar-refractivity contribution is 7.45. The molecular weight excluding hydrogens is 856 g/mol. The molecule has 10 heteroatoms. The number of phosphoric acid groups is 1. The summed E-state index contributed by atoms with van der Waals surface area (Å²) in [5.74, 6) is -0.559. The van der Waals surface area contributed by atoms with Gasteiger partial charge in [-0.1, -0.05) is 205 Å². The van der Waals surface area contributed by atoms with Gasteiger partial charge in [-0.25, -0.2) is 0 Å². The summed E-state index contributed by atoms with van der Waals surface area (Å²) < 4.78 is 30.2. The van der Waals surface area contributed by atoms with Crippen LogP contribution in [-0.2, 0) is 27.9 Å². The predicted molar refractivity (Wildman–Crippen MR) is 284 cm³/mol. The minimum Gasteiger partial charge on any atom is -0.756 e. The lowest BCUT2D eigenvalue weighted by Gasteiger charge is -2.30. The molecule has 67 heavy (non-hydrogen) atoms. The lowest BCUT2D eigenvalue weighted by molar-refractivity contribution is -0.870. The average Bonchev–Trinajstić information content (AvgIpc) is 3.28. The third-order valence-electron chi connectivity index (χ3n) is 12.5. The van der Waals surface area contributed by atoms with Gasteiger partial charge in [-0.05, 0) is 83.1 Å². The summed E-state index contributed by atoms with van der Waals surface area (Å²) in [6.07, 6.45) is 55.3. The summed E-state index contributed by atoms with van der Waals surface area (Å²) in [5, 5.41) is 3.01. The second kappa shape index (κ2) is 47.9. The van der Waals surface area contributed by atoms with Crippen molar-refractivity contribution < 1.29 is 37.3 Å². The molecule has 3 atom stereocenters. The number of hydrogen-bond acceptors (Lipinski definition) is 7. The van der Waals surface area contributed by atoms with E-state index in [1.165, 1.54) is 148 Å². The Bertz CT molecular complexity index is 1250. The molecule has 0 bridgehead atoms. The van der Waals surface area contributed by atoms with Crippen LogP contribution < -0.4 is 10.2 Å². The van der Waals surface area contributed by atoms with Gasteiger partial charge in [-0.15, -0.1) is 0 Å². The van der Waals surface area contributed by atoms with Crippen molar-refractivity contribution in [2.45, 2.75) is 277 Å². The molecule has 0 heterocycles. The highest BCUT2D eigenvalue weighted by Crippen LogP contribution is 2.38. The van der Waals surface area contributed by atoms with Crippen molar-refractivity contribution >= 4 is 19.7 Å². The number of esters is 1. The summed E-state index contributed by atoms with van der Waals surface area (Å²) >= 11 is 0. The molecule has 0 aromatic carbocycles. The van der Waals surface area contributed by atoms with Crippen molar-refractivity contribution in [2.75, 3.05) is 40.9 Å². The molecule has 0 radical (unpaired) electrons. The molecule has 0 aliphatic heterocycles. The van der Waals surface area contributed by atoms with E-state index in [-0.39, 0.29) is 24.9 Å². The van der Waals surface area contributed by atoms with Crippen molar-refractivity contribution in [3.05, 3.63) is 36.5 Å². The molecule has 9 nitrogen and oxygen atoms in total. The largest absolute Gasteiger partial charge is 0.756 e. The van der Waals surface area contributed by atoms with E-state index in [1.54, 1.807) is 0 Å². The summed E-state index contributed by atoms with van der Waals surface area (Å²) in [6, 6.07) is -0.892. The average molecular weight is 965 g/mol. The zero-order valence-electron chi connectivity index (χ0n) is 44.9. The zero-order chi connectivity index (χ0) is 49.4. The summed E-state index contributed by atoms with van der Waals surface area (Å²) in [4.78, 5) is 39.8. The lowest BCUT2D eigenvalue weighted by Crippen LogP contribution is -2.47. The van der Waals surface area contributed by atoms with E-state index in [0.29, 0.717) is 23.9 Å². The Morgan fingerprint density at radius 1 is 0.507 bits per heavy atom. The fourth-order valence-electron chi connectivity index (χ4n) is 8.10. The molecule has 3 unspecified atom stereocenters. The molecule has 1 N–H and O–H groups in total. The van der Waals surface area contributed by atoms with Crippen LogP contribution in [0.3, 0.4) is 0 Å². The van der Waals surface area contributed by atoms with E-state index in [9.17, 15) is 19.0 Å². The first-order valence-corrected chi connectivity index (χ1v) is 29.8. The number of carbonyl (C=O) groups is 2. The Labute approximate surface area is 415 Å². The Morgan fingerprint density at radius 2 is 0.866 bits per heavy atom. The van der Waals surface area contributed by atoms with Gasteiger partial charge in [0.05, 0.1) is 33.8 Å². The number of amides is 1. The van der Waals surface area contributed by atoms with E-state index in [2.05, 4.69) is 50.4 Å². The maximum Gasteiger partial charge on any atom is 0.306 e. The van der Waals surface area contributed by atoms with Crippen molar-refractivity contribution in [2.24, 2.45) is 0 Å². The van der Waals surface area contributed by atoms with Crippen LogP contribution in [0.4, 0.5) is 0 Å². The standard InChI is InChI=1S/C57H109N2O7P/c1-7-10-13-16-19-22-25-28-29-32-34-37-40-43-46-49-56(60)58-54(53-65-67(62,63)64-52-51-59(4,5)6)55(48-45-42-39-36-33-30-26-23-20-17-14-11-8-2)66-57(61)50-47-44-41-38-35-31-27-24-21-18-15-12-9-3/h22,25,31,35,45,48,54-55H,7-21,23-24,26-30,32-34,36-44,46-47,49-53H2,1-6H3,(H-,58,60,62,63)/b25-22-,35-31-,48-45+. The van der Waals surface area contributed by atoms with E-state index in [1.807, 2.05) is 33.3 Å². The number of nitrogens with zero attached hydrogens (tertiary/aromatic N) is 1. The fraction of sp³-hybridized carbons (Fsp3) is 0.860. The fourth-order valence-corrected chi connectivity index (χ4v) is 8.82. The molecule has 0 spiro atoms. The summed E-state index contributed by atoms with van der Waals surface area (Å²) in [6.45, 7) is 6.82. The predicted octanol–water partition coefficient (Wildman–Crippen LogP) is 16.1. The first kappa shape index (κ1) is 65.2. The Morgan fingerprint density at radius 3 is 1.30 bits per heavy atom.